The molecular formula is C15H14Cl3NO2. The molecule has 21 heavy (non-hydrogen) atoms. The van der Waals surface area contributed by atoms with Crippen LogP contribution in [0.5, 0.6) is 0 Å². The Bertz CT molecular complexity index is 563. The Morgan fingerprint density at radius 2 is 2.14 bits per heavy atom. The van der Waals surface area contributed by atoms with Crippen LogP contribution in [0, 0.1) is 12.3 Å². The van der Waals surface area contributed by atoms with E-state index in [1.165, 1.54) is 10.5 Å². The normalized spacial score (nSPS) is 17.0. The van der Waals surface area contributed by atoms with Crippen LogP contribution in [0.1, 0.15) is 23.6 Å². The van der Waals surface area contributed by atoms with E-state index in [1.54, 1.807) is 0 Å². The van der Waals surface area contributed by atoms with Gasteiger partial charge in [-0.2, -0.15) is 0 Å². The summed E-state index contributed by atoms with van der Waals surface area (Å²) < 4.78 is 3.41. The molecule has 0 bridgehead atoms. The molecule has 1 aliphatic carbocycles. The molecule has 0 N–H and O–H groups in total. The van der Waals surface area contributed by atoms with Crippen LogP contribution in [0.25, 0.3) is 0 Å². The van der Waals surface area contributed by atoms with Crippen molar-refractivity contribution in [3.8, 4) is 12.3 Å². The average Bonchev–Trinajstić information content (AvgIpc) is 2.85. The Kier molecular flexibility index (Phi) is 5.27. The molecule has 0 saturated carbocycles. The topological polar surface area (TPSA) is 29.5 Å². The number of halogens is 3. The summed E-state index contributed by atoms with van der Waals surface area (Å²) in [5.74, 6) is 2.48. The van der Waals surface area contributed by atoms with E-state index in [-0.39, 0.29) is 19.2 Å². The van der Waals surface area contributed by atoms with Gasteiger partial charge in [0.05, 0.1) is 12.6 Å². The van der Waals surface area contributed by atoms with Gasteiger partial charge in [0.15, 0.2) is 0 Å². The minimum Gasteiger partial charge on any atom is -0.445 e. The van der Waals surface area contributed by atoms with Crippen molar-refractivity contribution in [3.05, 3.63) is 35.4 Å². The van der Waals surface area contributed by atoms with Crippen molar-refractivity contribution in [2.75, 3.05) is 13.2 Å². The highest BCUT2D eigenvalue weighted by atomic mass is 35.6. The Morgan fingerprint density at radius 1 is 1.43 bits per heavy atom. The minimum atomic E-state index is -1.63. The molecule has 0 aromatic heterocycles. The average molecular weight is 347 g/mol. The van der Waals surface area contributed by atoms with Crippen molar-refractivity contribution in [3.63, 3.8) is 0 Å². The van der Waals surface area contributed by atoms with E-state index in [2.05, 4.69) is 12.0 Å². The van der Waals surface area contributed by atoms with Crippen LogP contribution in [-0.4, -0.2) is 27.9 Å². The molecule has 2 rings (SSSR count). The van der Waals surface area contributed by atoms with E-state index >= 15 is 0 Å². The second kappa shape index (κ2) is 6.79. The van der Waals surface area contributed by atoms with E-state index in [9.17, 15) is 4.79 Å². The highest BCUT2D eigenvalue weighted by molar-refractivity contribution is 6.67. The molecule has 0 radical (unpaired) electrons. The first-order valence-corrected chi connectivity index (χ1v) is 7.57. The van der Waals surface area contributed by atoms with Crippen molar-refractivity contribution in [2.45, 2.75) is 22.7 Å². The zero-order valence-electron chi connectivity index (χ0n) is 11.2. The molecule has 0 saturated heterocycles. The number of hydrogen-bond donors (Lipinski definition) is 0. The van der Waals surface area contributed by atoms with E-state index in [1.807, 2.05) is 18.2 Å². The van der Waals surface area contributed by atoms with Crippen molar-refractivity contribution in [1.82, 2.24) is 4.90 Å². The fraction of sp³-hybridized carbons (Fsp3) is 0.400. The van der Waals surface area contributed by atoms with Gasteiger partial charge in [0.2, 0.25) is 3.79 Å². The van der Waals surface area contributed by atoms with Gasteiger partial charge in [-0.3, -0.25) is 4.90 Å². The first kappa shape index (κ1) is 16.3. The highest BCUT2D eigenvalue weighted by Crippen LogP contribution is 2.36. The number of fused-ring (bicyclic) bond motifs is 1. The summed E-state index contributed by atoms with van der Waals surface area (Å²) in [5.41, 5.74) is 2.32. The maximum Gasteiger partial charge on any atom is 0.411 e. The van der Waals surface area contributed by atoms with E-state index < -0.39 is 9.89 Å². The van der Waals surface area contributed by atoms with Gasteiger partial charge >= 0.3 is 6.09 Å². The molecule has 112 valence electrons. The third kappa shape index (κ3) is 4.20. The summed E-state index contributed by atoms with van der Waals surface area (Å²) in [6.45, 7) is -0.163. The van der Waals surface area contributed by atoms with Gasteiger partial charge in [-0.05, 0) is 24.0 Å². The van der Waals surface area contributed by atoms with Crippen molar-refractivity contribution in [2.24, 2.45) is 0 Å². The lowest BCUT2D eigenvalue weighted by molar-refractivity contribution is 0.0931. The van der Waals surface area contributed by atoms with Gasteiger partial charge in [-0.1, -0.05) is 65.0 Å². The van der Waals surface area contributed by atoms with Crippen LogP contribution in [0.4, 0.5) is 4.79 Å². The Balaban J connectivity index is 2.13. The first-order valence-electron chi connectivity index (χ1n) is 6.44. The first-order chi connectivity index (χ1) is 9.92. The highest BCUT2D eigenvalue weighted by Gasteiger charge is 2.32. The zero-order chi connectivity index (χ0) is 15.5. The van der Waals surface area contributed by atoms with Crippen molar-refractivity contribution >= 4 is 40.9 Å². The molecule has 0 fully saturated rings. The molecule has 1 aliphatic rings. The molecular weight excluding hydrogens is 333 g/mol. The Labute approximate surface area is 139 Å². The molecule has 3 nitrogen and oxygen atoms in total. The second-order valence-electron chi connectivity index (χ2n) is 4.76. The van der Waals surface area contributed by atoms with Crippen molar-refractivity contribution < 1.29 is 9.53 Å². The number of rotatable bonds is 3. The van der Waals surface area contributed by atoms with Gasteiger partial charge in [0.1, 0.15) is 6.61 Å². The summed E-state index contributed by atoms with van der Waals surface area (Å²) in [4.78, 5) is 13.7. The van der Waals surface area contributed by atoms with Gasteiger partial charge in [0, 0.05) is 0 Å². The van der Waals surface area contributed by atoms with Crippen LogP contribution in [0.3, 0.4) is 0 Å². The van der Waals surface area contributed by atoms with E-state index in [0.717, 1.165) is 18.4 Å². The summed E-state index contributed by atoms with van der Waals surface area (Å²) in [5, 5.41) is 0. The Morgan fingerprint density at radius 3 is 2.81 bits per heavy atom. The number of amides is 1. The van der Waals surface area contributed by atoms with Crippen LogP contribution < -0.4 is 0 Å². The predicted octanol–water partition coefficient (Wildman–Crippen LogP) is 4.12. The lowest BCUT2D eigenvalue weighted by Crippen LogP contribution is -2.36. The fourth-order valence-electron chi connectivity index (χ4n) is 2.49. The third-order valence-electron chi connectivity index (χ3n) is 3.33. The molecule has 6 heteroatoms. The van der Waals surface area contributed by atoms with E-state index in [0.29, 0.717) is 0 Å². The number of benzene rings is 1. The number of ether oxygens (including phenoxy) is 1. The fourth-order valence-corrected chi connectivity index (χ4v) is 2.65. The second-order valence-corrected chi connectivity index (χ2v) is 7.27. The smallest absolute Gasteiger partial charge is 0.411 e. The number of aryl methyl sites for hydroxylation is 1. The minimum absolute atomic E-state index is 0.0971. The van der Waals surface area contributed by atoms with Gasteiger partial charge < -0.3 is 4.74 Å². The third-order valence-corrected chi connectivity index (χ3v) is 3.66. The largest absolute Gasteiger partial charge is 0.445 e. The van der Waals surface area contributed by atoms with Crippen LogP contribution >= 0.6 is 34.8 Å². The number of terminal acetylenes is 1. The summed E-state index contributed by atoms with van der Waals surface area (Å²) in [6.07, 6.45) is 6.50. The van der Waals surface area contributed by atoms with Crippen LogP contribution in [0.15, 0.2) is 24.3 Å². The number of carbonyl (C=O) groups is 1. The lowest BCUT2D eigenvalue weighted by Gasteiger charge is -2.27. The summed E-state index contributed by atoms with van der Waals surface area (Å²) in [6, 6.07) is 7.88. The summed E-state index contributed by atoms with van der Waals surface area (Å²) in [7, 11) is 0. The molecule has 1 aromatic rings. The van der Waals surface area contributed by atoms with E-state index in [4.69, 9.17) is 46.0 Å². The number of alkyl halides is 3. The zero-order valence-corrected chi connectivity index (χ0v) is 13.5. The number of carbonyl (C=O) groups excluding carboxylic acids is 1. The maximum absolute atomic E-state index is 12.2. The molecule has 1 atom stereocenters. The van der Waals surface area contributed by atoms with Crippen LogP contribution in [0.2, 0.25) is 0 Å². The molecule has 0 spiro atoms. The number of nitrogens with zero attached hydrogens (tertiary/aromatic N) is 1. The van der Waals surface area contributed by atoms with Gasteiger partial charge in [-0.25, -0.2) is 4.79 Å². The monoisotopic (exact) mass is 345 g/mol. The lowest BCUT2D eigenvalue weighted by atomic mass is 10.1. The molecule has 1 unspecified atom stereocenters. The van der Waals surface area contributed by atoms with Gasteiger partial charge in [0.25, 0.3) is 0 Å². The Hall–Kier alpha value is -1.08. The predicted molar refractivity (Wildman–Crippen MR) is 84.7 cm³/mol. The maximum atomic E-state index is 12.2. The molecule has 0 heterocycles. The summed E-state index contributed by atoms with van der Waals surface area (Å²) >= 11 is 16.8. The molecule has 1 aromatic carbocycles. The molecule has 1 amide bonds. The molecule has 0 aliphatic heterocycles. The SMILES string of the molecule is C#CCN(C(=O)OCC(Cl)(Cl)Cl)C1CCc2ccccc21. The van der Waals surface area contributed by atoms with Gasteiger partial charge in [-0.15, -0.1) is 6.42 Å². The quantitative estimate of drug-likeness (QED) is 0.609. The van der Waals surface area contributed by atoms with Crippen LogP contribution in [-0.2, 0) is 11.2 Å². The number of hydrogen-bond acceptors (Lipinski definition) is 2. The van der Waals surface area contributed by atoms with Crippen molar-refractivity contribution in [1.29, 1.82) is 0 Å². The standard InChI is InChI=1S/C15H14Cl3NO2/c1-2-9-19(14(20)21-10-15(16,17)18)13-8-7-11-5-3-4-6-12(11)13/h1,3-6,13H,7-10H2.